The monoisotopic (exact) mass is 443 g/mol. The van der Waals surface area contributed by atoms with Gasteiger partial charge in [0.15, 0.2) is 0 Å². The molecule has 0 spiro atoms. The minimum Gasteiger partial charge on any atom is -0.344 e. The summed E-state index contributed by atoms with van der Waals surface area (Å²) in [5, 5.41) is 4.92. The van der Waals surface area contributed by atoms with Crippen LogP contribution in [0.5, 0.6) is 0 Å². The maximum atomic E-state index is 13.3. The fourth-order valence-electron chi connectivity index (χ4n) is 2.97. The Kier molecular flexibility index (Phi) is 4.86. The van der Waals surface area contributed by atoms with Crippen molar-refractivity contribution in [2.45, 2.75) is 11.8 Å². The van der Waals surface area contributed by atoms with Crippen LogP contribution in [0.15, 0.2) is 34.0 Å². The van der Waals surface area contributed by atoms with Crippen LogP contribution >= 0.6 is 22.9 Å². The molecule has 3 heterocycles. The molecule has 1 fully saturated rings. The van der Waals surface area contributed by atoms with Gasteiger partial charge >= 0.3 is 0 Å². The predicted octanol–water partition coefficient (Wildman–Crippen LogP) is 1.76. The van der Waals surface area contributed by atoms with Gasteiger partial charge in [-0.15, -0.1) is 5.10 Å². The Hall–Kier alpha value is -2.08. The first-order valence-electron chi connectivity index (χ1n) is 8.33. The van der Waals surface area contributed by atoms with Crippen molar-refractivity contribution in [2.24, 2.45) is 0 Å². The molecule has 148 valence electrons. The second kappa shape index (κ2) is 7.07. The molecule has 0 saturated carbocycles. The highest BCUT2D eigenvalue weighted by Gasteiger charge is 2.30. The summed E-state index contributed by atoms with van der Waals surface area (Å²) in [6, 6.07) is 4.79. The van der Waals surface area contributed by atoms with E-state index in [1.165, 1.54) is 27.8 Å². The number of hydrogen-bond donors (Lipinski definition) is 0. The van der Waals surface area contributed by atoms with Gasteiger partial charge in [-0.2, -0.15) is 9.29 Å². The minimum atomic E-state index is -3.76. The molecular weight excluding hydrogens is 429 g/mol. The molecule has 0 atom stereocenters. The smallest absolute Gasteiger partial charge is 0.274 e. The minimum absolute atomic E-state index is 0.0364. The zero-order chi connectivity index (χ0) is 20.1. The third-order valence-corrected chi connectivity index (χ3v) is 7.61. The van der Waals surface area contributed by atoms with Crippen LogP contribution in [-0.4, -0.2) is 53.5 Å². The molecule has 1 aliphatic heterocycles. The SMILES string of the molecule is Cc1cc(=O)nc2sc(N3CCN(S(=O)(=O)c4ccc(F)c(Cl)c4)CC3)nn12. The summed E-state index contributed by atoms with van der Waals surface area (Å²) in [5.41, 5.74) is 0.369. The van der Waals surface area contributed by atoms with E-state index < -0.39 is 15.8 Å². The Balaban J connectivity index is 1.53. The van der Waals surface area contributed by atoms with Crippen LogP contribution in [0.1, 0.15) is 5.69 Å². The Morgan fingerprint density at radius 3 is 2.57 bits per heavy atom. The quantitative estimate of drug-likeness (QED) is 0.613. The highest BCUT2D eigenvalue weighted by molar-refractivity contribution is 7.89. The lowest BCUT2D eigenvalue weighted by Gasteiger charge is -2.33. The molecule has 1 aromatic carbocycles. The molecule has 1 saturated heterocycles. The molecule has 0 aliphatic carbocycles. The summed E-state index contributed by atoms with van der Waals surface area (Å²) in [4.78, 5) is 17.9. The summed E-state index contributed by atoms with van der Waals surface area (Å²) >= 11 is 7.00. The van der Waals surface area contributed by atoms with Gasteiger partial charge in [0, 0.05) is 37.9 Å². The second-order valence-electron chi connectivity index (χ2n) is 6.28. The molecule has 0 radical (unpaired) electrons. The van der Waals surface area contributed by atoms with Gasteiger partial charge in [-0.05, 0) is 25.1 Å². The first kappa shape index (κ1) is 19.2. The van der Waals surface area contributed by atoms with Gasteiger partial charge in [-0.25, -0.2) is 17.3 Å². The van der Waals surface area contributed by atoms with Gasteiger partial charge in [0.2, 0.25) is 20.1 Å². The van der Waals surface area contributed by atoms with Crippen LogP contribution < -0.4 is 10.5 Å². The predicted molar refractivity (Wildman–Crippen MR) is 104 cm³/mol. The Morgan fingerprint density at radius 2 is 1.89 bits per heavy atom. The number of fused-ring (bicyclic) bond motifs is 1. The van der Waals surface area contributed by atoms with Crippen molar-refractivity contribution in [1.82, 2.24) is 18.9 Å². The number of aromatic nitrogens is 3. The lowest BCUT2D eigenvalue weighted by molar-refractivity contribution is 0.384. The van der Waals surface area contributed by atoms with Crippen LogP contribution in [0.25, 0.3) is 4.96 Å². The molecular formula is C16H15ClFN5O3S2. The molecule has 1 aliphatic rings. The Bertz CT molecular complexity index is 1220. The number of anilines is 1. The number of rotatable bonds is 3. The number of piperazine rings is 1. The normalized spacial score (nSPS) is 16.0. The van der Waals surface area contributed by atoms with Crippen molar-refractivity contribution in [3.8, 4) is 0 Å². The van der Waals surface area contributed by atoms with Gasteiger partial charge in [0.05, 0.1) is 9.92 Å². The summed E-state index contributed by atoms with van der Waals surface area (Å²) in [6.07, 6.45) is 0. The molecule has 12 heteroatoms. The number of benzene rings is 1. The van der Waals surface area contributed by atoms with Crippen molar-refractivity contribution >= 4 is 43.1 Å². The highest BCUT2D eigenvalue weighted by atomic mass is 35.5. The van der Waals surface area contributed by atoms with Crippen molar-refractivity contribution < 1.29 is 12.8 Å². The third-order valence-electron chi connectivity index (χ3n) is 4.46. The topological polar surface area (TPSA) is 87.9 Å². The van der Waals surface area contributed by atoms with Crippen molar-refractivity contribution in [1.29, 1.82) is 0 Å². The number of aryl methyl sites for hydroxylation is 1. The fourth-order valence-corrected chi connectivity index (χ4v) is 5.67. The average Bonchev–Trinajstić information content (AvgIpc) is 3.08. The molecule has 4 rings (SSSR count). The highest BCUT2D eigenvalue weighted by Crippen LogP contribution is 2.26. The molecule has 3 aromatic rings. The molecule has 0 amide bonds. The number of sulfonamides is 1. The molecule has 0 unspecified atom stereocenters. The maximum absolute atomic E-state index is 13.3. The van der Waals surface area contributed by atoms with Crippen LogP contribution in [0.4, 0.5) is 9.52 Å². The van der Waals surface area contributed by atoms with Crippen molar-refractivity contribution in [2.75, 3.05) is 31.1 Å². The van der Waals surface area contributed by atoms with E-state index in [4.69, 9.17) is 11.6 Å². The molecule has 0 bridgehead atoms. The van der Waals surface area contributed by atoms with Crippen LogP contribution in [0, 0.1) is 12.7 Å². The van der Waals surface area contributed by atoms with Crippen molar-refractivity contribution in [3.63, 3.8) is 0 Å². The van der Waals surface area contributed by atoms with Crippen LogP contribution in [0.3, 0.4) is 0 Å². The van der Waals surface area contributed by atoms with Gasteiger partial charge in [-0.1, -0.05) is 22.9 Å². The fraction of sp³-hybridized carbons (Fsp3) is 0.312. The van der Waals surface area contributed by atoms with E-state index >= 15 is 0 Å². The van der Waals surface area contributed by atoms with E-state index in [0.29, 0.717) is 28.9 Å². The molecule has 8 nitrogen and oxygen atoms in total. The lowest BCUT2D eigenvalue weighted by Crippen LogP contribution is -2.48. The van der Waals surface area contributed by atoms with E-state index in [9.17, 15) is 17.6 Å². The summed E-state index contributed by atoms with van der Waals surface area (Å²) in [5.74, 6) is -0.663. The Labute approximate surface area is 168 Å². The first-order chi connectivity index (χ1) is 13.3. The van der Waals surface area contributed by atoms with E-state index in [2.05, 4.69) is 10.1 Å². The third kappa shape index (κ3) is 3.39. The van der Waals surface area contributed by atoms with Crippen LogP contribution in [0.2, 0.25) is 5.02 Å². The largest absolute Gasteiger partial charge is 0.344 e. The zero-order valence-electron chi connectivity index (χ0n) is 14.7. The Morgan fingerprint density at radius 1 is 1.18 bits per heavy atom. The van der Waals surface area contributed by atoms with E-state index in [0.717, 1.165) is 12.1 Å². The number of halogens is 2. The van der Waals surface area contributed by atoms with E-state index in [1.807, 2.05) is 4.90 Å². The lowest BCUT2D eigenvalue weighted by atomic mass is 10.3. The van der Waals surface area contributed by atoms with Gasteiger partial charge < -0.3 is 4.90 Å². The van der Waals surface area contributed by atoms with E-state index in [1.54, 1.807) is 11.4 Å². The molecule has 0 N–H and O–H groups in total. The standard InChI is InChI=1S/C16H15ClFN5O3S2/c1-10-8-14(24)19-15-23(10)20-16(27-15)21-4-6-22(7-5-21)28(25,26)11-2-3-13(18)12(17)9-11/h2-3,8-9H,4-7H2,1H3. The zero-order valence-corrected chi connectivity index (χ0v) is 17.1. The van der Waals surface area contributed by atoms with Crippen LogP contribution in [-0.2, 0) is 10.0 Å². The maximum Gasteiger partial charge on any atom is 0.274 e. The van der Waals surface area contributed by atoms with Crippen molar-refractivity contribution in [3.05, 3.63) is 51.2 Å². The second-order valence-corrected chi connectivity index (χ2v) is 9.56. The van der Waals surface area contributed by atoms with Gasteiger partial charge in [0.25, 0.3) is 5.56 Å². The number of hydrogen-bond acceptors (Lipinski definition) is 7. The summed E-state index contributed by atoms with van der Waals surface area (Å²) in [7, 11) is -3.76. The summed E-state index contributed by atoms with van der Waals surface area (Å²) in [6.45, 7) is 3.13. The average molecular weight is 444 g/mol. The molecule has 28 heavy (non-hydrogen) atoms. The first-order valence-corrected chi connectivity index (χ1v) is 11.0. The van der Waals surface area contributed by atoms with Gasteiger partial charge in [-0.3, -0.25) is 4.79 Å². The summed E-state index contributed by atoms with van der Waals surface area (Å²) < 4.78 is 41.8. The van der Waals surface area contributed by atoms with Gasteiger partial charge in [0.1, 0.15) is 5.82 Å². The van der Waals surface area contributed by atoms with E-state index in [-0.39, 0.29) is 28.6 Å². The molecule has 2 aromatic heterocycles. The number of nitrogens with zero attached hydrogens (tertiary/aromatic N) is 5.